The van der Waals surface area contributed by atoms with E-state index in [0.29, 0.717) is 10.9 Å². The van der Waals surface area contributed by atoms with Gasteiger partial charge in [-0.05, 0) is 25.8 Å². The van der Waals surface area contributed by atoms with Crippen LogP contribution in [0.25, 0.3) is 0 Å². The highest BCUT2D eigenvalue weighted by atomic mass is 32.1. The molecule has 0 saturated carbocycles. The largest absolute Gasteiger partial charge is 0.490 e. The number of nitrogens with zero attached hydrogens (tertiary/aromatic N) is 3. The van der Waals surface area contributed by atoms with Gasteiger partial charge >= 0.3 is 0 Å². The van der Waals surface area contributed by atoms with Crippen LogP contribution in [-0.2, 0) is 4.79 Å². The first-order valence-electron chi connectivity index (χ1n) is 8.40. The van der Waals surface area contributed by atoms with Crippen molar-refractivity contribution in [3.8, 4) is 5.75 Å². The van der Waals surface area contributed by atoms with E-state index in [1.165, 1.54) is 17.5 Å². The molecule has 0 bridgehead atoms. The van der Waals surface area contributed by atoms with E-state index in [-0.39, 0.29) is 23.7 Å². The molecule has 138 valence electrons. The molecule has 3 rings (SSSR count). The minimum absolute atomic E-state index is 0.0311. The summed E-state index contributed by atoms with van der Waals surface area (Å²) in [4.78, 5) is 33.6. The highest BCUT2D eigenvalue weighted by Crippen LogP contribution is 2.21. The number of carbonyl (C=O) groups is 2. The molecular weight excluding hydrogens is 354 g/mol. The second-order valence-corrected chi connectivity index (χ2v) is 6.99. The molecule has 2 aromatic rings. The number of nitrogens with one attached hydrogen (secondary N) is 1. The van der Waals surface area contributed by atoms with Crippen LogP contribution >= 0.6 is 11.3 Å². The van der Waals surface area contributed by atoms with E-state index in [1.54, 1.807) is 18.3 Å². The summed E-state index contributed by atoms with van der Waals surface area (Å²) in [6.45, 7) is 3.40. The van der Waals surface area contributed by atoms with Crippen molar-refractivity contribution in [2.75, 3.05) is 18.4 Å². The zero-order valence-corrected chi connectivity index (χ0v) is 15.2. The Morgan fingerprint density at radius 1 is 1.35 bits per heavy atom. The number of ether oxygens (including phenoxy) is 1. The quantitative estimate of drug-likeness (QED) is 0.792. The topological polar surface area (TPSA) is 110 Å². The van der Waals surface area contributed by atoms with E-state index in [2.05, 4.69) is 20.2 Å². The van der Waals surface area contributed by atoms with Gasteiger partial charge in [-0.25, -0.2) is 4.98 Å². The van der Waals surface area contributed by atoms with Crippen molar-refractivity contribution in [1.82, 2.24) is 14.9 Å². The minimum atomic E-state index is -0.578. The van der Waals surface area contributed by atoms with Gasteiger partial charge in [-0.15, -0.1) is 11.3 Å². The van der Waals surface area contributed by atoms with Gasteiger partial charge in [0.15, 0.2) is 5.13 Å². The van der Waals surface area contributed by atoms with Gasteiger partial charge in [0.1, 0.15) is 17.5 Å². The van der Waals surface area contributed by atoms with Crippen LogP contribution in [-0.4, -0.2) is 51.9 Å². The summed E-state index contributed by atoms with van der Waals surface area (Å²) < 4.78 is 5.94. The summed E-state index contributed by atoms with van der Waals surface area (Å²) in [5.41, 5.74) is 5.43. The number of carbonyl (C=O) groups excluding carboxylic acids is 2. The van der Waals surface area contributed by atoms with Crippen LogP contribution in [0.5, 0.6) is 5.75 Å². The number of nitrogens with two attached hydrogens (primary N) is 1. The van der Waals surface area contributed by atoms with Gasteiger partial charge in [0.2, 0.25) is 5.91 Å². The molecule has 1 aliphatic heterocycles. The Labute approximate surface area is 155 Å². The normalized spacial score (nSPS) is 16.8. The third kappa shape index (κ3) is 4.55. The lowest BCUT2D eigenvalue weighted by Crippen LogP contribution is -2.47. The van der Waals surface area contributed by atoms with E-state index >= 15 is 0 Å². The highest BCUT2D eigenvalue weighted by Gasteiger charge is 2.27. The Hall–Kier alpha value is -2.52. The number of likely N-dealkylation sites (tertiary alicyclic amines) is 1. The summed E-state index contributed by atoms with van der Waals surface area (Å²) in [6, 6.07) is 3.03. The van der Waals surface area contributed by atoms with Crippen LogP contribution < -0.4 is 15.8 Å². The second kappa shape index (κ2) is 8.24. The van der Waals surface area contributed by atoms with Crippen molar-refractivity contribution < 1.29 is 14.3 Å². The lowest BCUT2D eigenvalue weighted by Gasteiger charge is -2.35. The molecule has 0 spiro atoms. The van der Waals surface area contributed by atoms with Crippen LogP contribution in [0, 0.1) is 0 Å². The van der Waals surface area contributed by atoms with E-state index in [0.717, 1.165) is 25.9 Å². The summed E-state index contributed by atoms with van der Waals surface area (Å²) in [5, 5.41) is 5.27. The summed E-state index contributed by atoms with van der Waals surface area (Å²) >= 11 is 1.40. The van der Waals surface area contributed by atoms with Crippen molar-refractivity contribution in [2.24, 2.45) is 5.73 Å². The number of hydrogen-bond donors (Lipinski definition) is 2. The average Bonchev–Trinajstić information content (AvgIpc) is 3.15. The van der Waals surface area contributed by atoms with E-state index in [9.17, 15) is 9.59 Å². The predicted octanol–water partition coefficient (Wildman–Crippen LogP) is 1.51. The molecule has 3 N–H and O–H groups in total. The van der Waals surface area contributed by atoms with Gasteiger partial charge < -0.3 is 15.8 Å². The smallest absolute Gasteiger partial charge is 0.267 e. The van der Waals surface area contributed by atoms with Crippen LogP contribution in [0.1, 0.15) is 30.3 Å². The number of amides is 2. The van der Waals surface area contributed by atoms with Gasteiger partial charge in [-0.2, -0.15) is 0 Å². The van der Waals surface area contributed by atoms with Crippen molar-refractivity contribution >= 4 is 28.3 Å². The molecule has 3 heterocycles. The number of thiazole rings is 1. The zero-order valence-electron chi connectivity index (χ0n) is 14.4. The molecule has 1 atom stereocenters. The molecule has 2 amide bonds. The summed E-state index contributed by atoms with van der Waals surface area (Å²) in [7, 11) is 0. The number of anilines is 1. The number of rotatable bonds is 6. The molecule has 26 heavy (non-hydrogen) atoms. The molecular formula is C17H21N5O3S. The molecule has 0 aromatic carbocycles. The number of aromatic nitrogens is 2. The molecule has 1 saturated heterocycles. The Morgan fingerprint density at radius 2 is 2.12 bits per heavy atom. The summed E-state index contributed by atoms with van der Waals surface area (Å²) in [6.07, 6.45) is 4.79. The van der Waals surface area contributed by atoms with Gasteiger partial charge in [-0.1, -0.05) is 0 Å². The lowest BCUT2D eigenvalue weighted by molar-refractivity contribution is -0.121. The average molecular weight is 375 g/mol. The van der Waals surface area contributed by atoms with E-state index in [4.69, 9.17) is 10.5 Å². The van der Waals surface area contributed by atoms with E-state index < -0.39 is 5.91 Å². The number of pyridine rings is 1. The fourth-order valence-corrected chi connectivity index (χ4v) is 3.39. The maximum atomic E-state index is 12.3. The molecule has 1 unspecified atom stereocenters. The van der Waals surface area contributed by atoms with Crippen molar-refractivity contribution in [3.63, 3.8) is 0 Å². The first-order valence-corrected chi connectivity index (χ1v) is 9.28. The second-order valence-electron chi connectivity index (χ2n) is 6.10. The Balaban J connectivity index is 1.50. The molecule has 0 aliphatic carbocycles. The number of piperidine rings is 1. The van der Waals surface area contributed by atoms with Crippen molar-refractivity contribution in [1.29, 1.82) is 0 Å². The highest BCUT2D eigenvalue weighted by molar-refractivity contribution is 7.13. The monoisotopic (exact) mass is 375 g/mol. The maximum absolute atomic E-state index is 12.3. The SMILES string of the molecule is CC(C(=O)Nc1nccs1)N1CCC(Oc2ccnc(C(N)=O)c2)CC1. The van der Waals surface area contributed by atoms with Gasteiger partial charge in [-0.3, -0.25) is 19.5 Å². The van der Waals surface area contributed by atoms with Crippen LogP contribution in [0.2, 0.25) is 0 Å². The first kappa shape index (κ1) is 18.3. The van der Waals surface area contributed by atoms with Crippen molar-refractivity contribution in [2.45, 2.75) is 31.9 Å². The van der Waals surface area contributed by atoms with E-state index in [1.807, 2.05) is 12.3 Å². The molecule has 1 fully saturated rings. The third-order valence-corrected chi connectivity index (χ3v) is 5.04. The third-order valence-electron chi connectivity index (χ3n) is 4.35. The summed E-state index contributed by atoms with van der Waals surface area (Å²) in [5.74, 6) is -0.0494. The van der Waals surface area contributed by atoms with Crippen LogP contribution in [0.3, 0.4) is 0 Å². The standard InChI is InChI=1S/C17H21N5O3S/c1-11(16(24)21-17-20-6-9-26-17)22-7-3-12(4-8-22)25-13-2-5-19-14(10-13)15(18)23/h2,5-6,9-12H,3-4,7-8H2,1H3,(H2,18,23)(H,20,21,24). The van der Waals surface area contributed by atoms with Gasteiger partial charge in [0, 0.05) is 36.9 Å². The van der Waals surface area contributed by atoms with Gasteiger partial charge in [0.05, 0.1) is 6.04 Å². The molecule has 9 heteroatoms. The number of hydrogen-bond acceptors (Lipinski definition) is 7. The molecule has 1 aliphatic rings. The van der Waals surface area contributed by atoms with Crippen molar-refractivity contribution in [3.05, 3.63) is 35.6 Å². The molecule has 2 aromatic heterocycles. The fraction of sp³-hybridized carbons (Fsp3) is 0.412. The Kier molecular flexibility index (Phi) is 5.79. The Morgan fingerprint density at radius 3 is 2.77 bits per heavy atom. The lowest BCUT2D eigenvalue weighted by atomic mass is 10.1. The first-order chi connectivity index (χ1) is 12.5. The predicted molar refractivity (Wildman–Crippen MR) is 98.2 cm³/mol. The van der Waals surface area contributed by atoms with Crippen LogP contribution in [0.4, 0.5) is 5.13 Å². The number of primary amides is 1. The fourth-order valence-electron chi connectivity index (χ4n) is 2.85. The van der Waals surface area contributed by atoms with Gasteiger partial charge in [0.25, 0.3) is 5.91 Å². The molecule has 8 nitrogen and oxygen atoms in total. The van der Waals surface area contributed by atoms with Crippen LogP contribution in [0.15, 0.2) is 29.9 Å². The Bertz CT molecular complexity index is 760. The maximum Gasteiger partial charge on any atom is 0.267 e. The zero-order chi connectivity index (χ0) is 18.5. The minimum Gasteiger partial charge on any atom is -0.490 e. The molecule has 0 radical (unpaired) electrons.